The van der Waals surface area contributed by atoms with Crippen LogP contribution < -0.4 is 5.73 Å². The largest absolute Gasteiger partial charge is 0.321 e. The summed E-state index contributed by atoms with van der Waals surface area (Å²) in [7, 11) is 0. The van der Waals surface area contributed by atoms with Crippen LogP contribution >= 0.6 is 11.6 Å². The fourth-order valence-electron chi connectivity index (χ4n) is 2.01. The predicted octanol–water partition coefficient (Wildman–Crippen LogP) is 3.21. The first-order valence-electron chi connectivity index (χ1n) is 6.08. The van der Waals surface area contributed by atoms with E-state index < -0.39 is 0 Å². The Morgan fingerprint density at radius 3 is 2.44 bits per heavy atom. The molecule has 1 aromatic heterocycles. The molecule has 0 aliphatic heterocycles. The van der Waals surface area contributed by atoms with Gasteiger partial charge in [0.05, 0.1) is 6.04 Å². The number of halogens is 1. The van der Waals surface area contributed by atoms with Crippen LogP contribution in [0.5, 0.6) is 0 Å². The van der Waals surface area contributed by atoms with E-state index in [4.69, 9.17) is 17.3 Å². The lowest BCUT2D eigenvalue weighted by Gasteiger charge is -2.09. The molecule has 0 bridgehead atoms. The van der Waals surface area contributed by atoms with Gasteiger partial charge in [-0.15, -0.1) is 0 Å². The van der Waals surface area contributed by atoms with Gasteiger partial charge in [0.25, 0.3) is 0 Å². The summed E-state index contributed by atoms with van der Waals surface area (Å²) in [6.45, 7) is 0. The second-order valence-corrected chi connectivity index (χ2v) is 5.08. The average molecular weight is 260 g/mol. The van der Waals surface area contributed by atoms with Gasteiger partial charge in [0, 0.05) is 28.5 Å². The van der Waals surface area contributed by atoms with E-state index in [0.29, 0.717) is 10.9 Å². The van der Waals surface area contributed by atoms with Crippen molar-refractivity contribution in [3.05, 3.63) is 47.5 Å². The molecule has 1 unspecified atom stereocenters. The Bertz CT molecular complexity index is 549. The third kappa shape index (κ3) is 2.24. The summed E-state index contributed by atoms with van der Waals surface area (Å²) < 4.78 is 0. The molecule has 1 aromatic carbocycles. The Morgan fingerprint density at radius 1 is 1.17 bits per heavy atom. The molecule has 1 atom stereocenters. The van der Waals surface area contributed by atoms with E-state index in [0.717, 1.165) is 17.0 Å². The molecule has 3 nitrogen and oxygen atoms in total. The first kappa shape index (κ1) is 11.6. The van der Waals surface area contributed by atoms with Crippen LogP contribution in [0.15, 0.2) is 36.7 Å². The third-order valence-corrected chi connectivity index (χ3v) is 3.61. The fourth-order valence-corrected chi connectivity index (χ4v) is 2.26. The molecule has 2 N–H and O–H groups in total. The van der Waals surface area contributed by atoms with E-state index in [2.05, 4.69) is 9.97 Å². The number of nitrogens with zero attached hydrogens (tertiary/aromatic N) is 2. The van der Waals surface area contributed by atoms with Crippen molar-refractivity contribution < 1.29 is 0 Å². The van der Waals surface area contributed by atoms with Crippen molar-refractivity contribution in [3.63, 3.8) is 0 Å². The predicted molar refractivity (Wildman–Crippen MR) is 72.1 cm³/mol. The highest BCUT2D eigenvalue weighted by molar-refractivity contribution is 6.33. The summed E-state index contributed by atoms with van der Waals surface area (Å²) >= 11 is 6.14. The number of hydrogen-bond donors (Lipinski definition) is 1. The zero-order chi connectivity index (χ0) is 12.5. The van der Waals surface area contributed by atoms with Crippen LogP contribution in [0, 0.1) is 5.92 Å². The minimum Gasteiger partial charge on any atom is -0.321 e. The summed E-state index contributed by atoms with van der Waals surface area (Å²) in [4.78, 5) is 8.73. The SMILES string of the molecule is NC(c1ncc(-c2ccccc2Cl)cn1)C1CC1. The molecule has 92 valence electrons. The summed E-state index contributed by atoms with van der Waals surface area (Å²) in [6.07, 6.45) is 5.98. The van der Waals surface area contributed by atoms with E-state index in [-0.39, 0.29) is 6.04 Å². The van der Waals surface area contributed by atoms with Crippen LogP contribution in [0.3, 0.4) is 0 Å². The van der Waals surface area contributed by atoms with E-state index in [9.17, 15) is 0 Å². The maximum atomic E-state index is 6.14. The Hall–Kier alpha value is -1.45. The smallest absolute Gasteiger partial charge is 0.145 e. The zero-order valence-corrected chi connectivity index (χ0v) is 10.6. The average Bonchev–Trinajstić information content (AvgIpc) is 3.23. The number of aromatic nitrogens is 2. The lowest BCUT2D eigenvalue weighted by molar-refractivity contribution is 0.593. The highest BCUT2D eigenvalue weighted by Crippen LogP contribution is 2.38. The van der Waals surface area contributed by atoms with E-state index in [1.54, 1.807) is 12.4 Å². The Morgan fingerprint density at radius 2 is 1.83 bits per heavy atom. The molecule has 1 heterocycles. The van der Waals surface area contributed by atoms with Crippen molar-refractivity contribution in [2.75, 3.05) is 0 Å². The van der Waals surface area contributed by atoms with Gasteiger partial charge in [-0.25, -0.2) is 9.97 Å². The Balaban J connectivity index is 1.89. The van der Waals surface area contributed by atoms with E-state index >= 15 is 0 Å². The standard InChI is InChI=1S/C14H14ClN3/c15-12-4-2-1-3-11(12)10-7-17-14(18-8-10)13(16)9-5-6-9/h1-4,7-9,13H,5-6,16H2. The highest BCUT2D eigenvalue weighted by Gasteiger charge is 2.31. The van der Waals surface area contributed by atoms with Gasteiger partial charge in [0.2, 0.25) is 0 Å². The number of benzene rings is 1. The summed E-state index contributed by atoms with van der Waals surface area (Å²) in [5.41, 5.74) is 7.94. The molecule has 1 fully saturated rings. The van der Waals surface area contributed by atoms with Gasteiger partial charge in [-0.1, -0.05) is 29.8 Å². The molecule has 1 aliphatic rings. The number of hydrogen-bond acceptors (Lipinski definition) is 3. The van der Waals surface area contributed by atoms with Crippen LogP contribution in [0.2, 0.25) is 5.02 Å². The minimum atomic E-state index is -0.0229. The van der Waals surface area contributed by atoms with Gasteiger partial charge in [-0.2, -0.15) is 0 Å². The zero-order valence-electron chi connectivity index (χ0n) is 9.88. The molecule has 0 radical (unpaired) electrons. The van der Waals surface area contributed by atoms with Gasteiger partial charge >= 0.3 is 0 Å². The molecule has 1 saturated carbocycles. The normalized spacial score (nSPS) is 16.6. The van der Waals surface area contributed by atoms with Gasteiger partial charge in [0.15, 0.2) is 0 Å². The van der Waals surface area contributed by atoms with Gasteiger partial charge in [-0.3, -0.25) is 0 Å². The van der Waals surface area contributed by atoms with Crippen LogP contribution in [-0.2, 0) is 0 Å². The van der Waals surface area contributed by atoms with E-state index in [1.165, 1.54) is 12.8 Å². The third-order valence-electron chi connectivity index (χ3n) is 3.28. The van der Waals surface area contributed by atoms with Gasteiger partial charge in [0.1, 0.15) is 5.82 Å². The molecule has 0 saturated heterocycles. The van der Waals surface area contributed by atoms with Gasteiger partial charge in [-0.05, 0) is 24.8 Å². The lowest BCUT2D eigenvalue weighted by atomic mass is 10.1. The maximum absolute atomic E-state index is 6.14. The van der Waals surface area contributed by atoms with Gasteiger partial charge < -0.3 is 5.73 Å². The molecular formula is C14H14ClN3. The molecule has 0 spiro atoms. The summed E-state index contributed by atoms with van der Waals surface area (Å²) in [5, 5.41) is 0.709. The first-order chi connectivity index (χ1) is 8.75. The lowest BCUT2D eigenvalue weighted by Crippen LogP contribution is -2.15. The second kappa shape index (κ2) is 4.67. The van der Waals surface area contributed by atoms with Crippen molar-refractivity contribution in [3.8, 4) is 11.1 Å². The van der Waals surface area contributed by atoms with Crippen molar-refractivity contribution in [2.45, 2.75) is 18.9 Å². The molecule has 4 heteroatoms. The Kier molecular flexibility index (Phi) is 3.02. The topological polar surface area (TPSA) is 51.8 Å². The summed E-state index contributed by atoms with van der Waals surface area (Å²) in [5.74, 6) is 1.30. The minimum absolute atomic E-state index is 0.0229. The molecule has 1 aliphatic carbocycles. The molecule has 0 amide bonds. The fraction of sp³-hybridized carbons (Fsp3) is 0.286. The monoisotopic (exact) mass is 259 g/mol. The molecule has 2 aromatic rings. The number of nitrogens with two attached hydrogens (primary N) is 1. The van der Waals surface area contributed by atoms with Crippen molar-refractivity contribution in [1.29, 1.82) is 0 Å². The second-order valence-electron chi connectivity index (χ2n) is 4.67. The summed E-state index contributed by atoms with van der Waals surface area (Å²) in [6, 6.07) is 7.66. The highest BCUT2D eigenvalue weighted by atomic mass is 35.5. The molecule has 3 rings (SSSR count). The first-order valence-corrected chi connectivity index (χ1v) is 6.46. The Labute approximate surface area is 111 Å². The van der Waals surface area contributed by atoms with Crippen LogP contribution in [0.25, 0.3) is 11.1 Å². The van der Waals surface area contributed by atoms with Crippen molar-refractivity contribution >= 4 is 11.6 Å². The molecule has 18 heavy (non-hydrogen) atoms. The van der Waals surface area contributed by atoms with Crippen LogP contribution in [0.1, 0.15) is 24.7 Å². The number of rotatable bonds is 3. The van der Waals surface area contributed by atoms with Crippen LogP contribution in [-0.4, -0.2) is 9.97 Å². The molecular weight excluding hydrogens is 246 g/mol. The van der Waals surface area contributed by atoms with Crippen LogP contribution in [0.4, 0.5) is 0 Å². The quantitative estimate of drug-likeness (QED) is 0.921. The van der Waals surface area contributed by atoms with Crippen molar-refractivity contribution in [1.82, 2.24) is 9.97 Å². The van der Waals surface area contributed by atoms with E-state index in [1.807, 2.05) is 24.3 Å². The maximum Gasteiger partial charge on any atom is 0.145 e. The van der Waals surface area contributed by atoms with Crippen molar-refractivity contribution in [2.24, 2.45) is 11.7 Å².